The minimum Gasteiger partial charge on any atom is -0.384 e. The summed E-state index contributed by atoms with van der Waals surface area (Å²) in [6.07, 6.45) is -1.15. The Morgan fingerprint density at radius 1 is 1.00 bits per heavy atom. The van der Waals surface area contributed by atoms with E-state index in [0.29, 0.717) is 5.56 Å². The van der Waals surface area contributed by atoms with Crippen LogP contribution in [0.4, 0.5) is 8.78 Å². The number of hydrogen-bond donors (Lipinski definition) is 1. The predicted octanol–water partition coefficient (Wildman–Crippen LogP) is 3.35. The zero-order chi connectivity index (χ0) is 12.4. The van der Waals surface area contributed by atoms with Gasteiger partial charge in [-0.3, -0.25) is 0 Å². The number of aliphatic hydroxyl groups excluding tert-OH is 1. The number of hydrogen-bond acceptors (Lipinski definition) is 1. The Hall–Kier alpha value is -1.74. The fraction of sp³-hybridized carbons (Fsp3) is 0.143. The van der Waals surface area contributed by atoms with Gasteiger partial charge in [0.25, 0.3) is 0 Å². The summed E-state index contributed by atoms with van der Waals surface area (Å²) >= 11 is 0. The average Bonchev–Trinajstić information content (AvgIpc) is 2.33. The molecule has 3 heteroatoms. The van der Waals surface area contributed by atoms with Gasteiger partial charge in [0.15, 0.2) is 11.6 Å². The molecule has 0 aliphatic heterocycles. The van der Waals surface area contributed by atoms with Gasteiger partial charge < -0.3 is 5.11 Å². The molecule has 1 nitrogen and oxygen atoms in total. The highest BCUT2D eigenvalue weighted by atomic mass is 19.2. The van der Waals surface area contributed by atoms with Crippen LogP contribution in [-0.4, -0.2) is 5.11 Å². The minimum absolute atomic E-state index is 0.0474. The van der Waals surface area contributed by atoms with Crippen molar-refractivity contribution in [2.75, 3.05) is 0 Å². The molecule has 0 saturated carbocycles. The Bertz CT molecular complexity index is 520. The van der Waals surface area contributed by atoms with Crippen molar-refractivity contribution in [3.8, 4) is 0 Å². The second-order valence-corrected chi connectivity index (χ2v) is 3.96. The maximum atomic E-state index is 13.5. The Morgan fingerprint density at radius 2 is 1.65 bits per heavy atom. The van der Waals surface area contributed by atoms with E-state index in [1.807, 2.05) is 19.1 Å². The first-order chi connectivity index (χ1) is 8.09. The molecule has 0 heterocycles. The van der Waals surface area contributed by atoms with E-state index < -0.39 is 17.7 Å². The van der Waals surface area contributed by atoms with E-state index in [9.17, 15) is 13.9 Å². The van der Waals surface area contributed by atoms with Crippen molar-refractivity contribution in [2.45, 2.75) is 13.0 Å². The number of rotatable bonds is 2. The summed E-state index contributed by atoms with van der Waals surface area (Å²) in [5, 5.41) is 9.98. The van der Waals surface area contributed by atoms with Gasteiger partial charge in [-0.2, -0.15) is 0 Å². The van der Waals surface area contributed by atoms with Crippen LogP contribution in [0.5, 0.6) is 0 Å². The Kier molecular flexibility index (Phi) is 3.20. The van der Waals surface area contributed by atoms with Gasteiger partial charge in [-0.1, -0.05) is 42.0 Å². The highest BCUT2D eigenvalue weighted by Crippen LogP contribution is 2.25. The molecule has 88 valence electrons. The van der Waals surface area contributed by atoms with Crippen LogP contribution in [0.3, 0.4) is 0 Å². The highest BCUT2D eigenvalue weighted by molar-refractivity contribution is 5.32. The third kappa shape index (κ3) is 2.34. The normalized spacial score (nSPS) is 12.5. The molecule has 2 rings (SSSR count). The molecule has 0 saturated heterocycles. The lowest BCUT2D eigenvalue weighted by Gasteiger charge is -2.12. The van der Waals surface area contributed by atoms with Gasteiger partial charge in [0, 0.05) is 5.56 Å². The van der Waals surface area contributed by atoms with Crippen LogP contribution >= 0.6 is 0 Å². The van der Waals surface area contributed by atoms with Gasteiger partial charge in [-0.25, -0.2) is 8.78 Å². The number of aryl methyl sites for hydroxylation is 1. The van der Waals surface area contributed by atoms with E-state index in [1.54, 1.807) is 12.1 Å². The van der Waals surface area contributed by atoms with E-state index in [1.165, 1.54) is 12.1 Å². The SMILES string of the molecule is Cc1ccc(C(O)c2cccc(F)c2F)cc1. The molecule has 0 fully saturated rings. The number of aliphatic hydroxyl groups is 1. The molecule has 0 aliphatic rings. The van der Waals surface area contributed by atoms with Gasteiger partial charge in [0.05, 0.1) is 0 Å². The Labute approximate surface area is 98.3 Å². The lowest BCUT2D eigenvalue weighted by molar-refractivity contribution is 0.213. The molecule has 0 spiro atoms. The zero-order valence-corrected chi connectivity index (χ0v) is 9.32. The summed E-state index contributed by atoms with van der Waals surface area (Å²) in [7, 11) is 0. The molecular formula is C14H12F2O. The summed E-state index contributed by atoms with van der Waals surface area (Å²) in [5.41, 5.74) is 1.54. The summed E-state index contributed by atoms with van der Waals surface area (Å²) in [6, 6.07) is 10.8. The van der Waals surface area contributed by atoms with Gasteiger partial charge in [0.1, 0.15) is 6.10 Å². The first-order valence-electron chi connectivity index (χ1n) is 5.28. The third-order valence-corrected chi connectivity index (χ3v) is 2.67. The number of benzene rings is 2. The second-order valence-electron chi connectivity index (χ2n) is 3.96. The number of halogens is 2. The van der Waals surface area contributed by atoms with Gasteiger partial charge in [0.2, 0.25) is 0 Å². The van der Waals surface area contributed by atoms with E-state index in [-0.39, 0.29) is 5.56 Å². The minimum atomic E-state index is -1.15. The summed E-state index contributed by atoms with van der Waals surface area (Å²) in [6.45, 7) is 1.92. The summed E-state index contributed by atoms with van der Waals surface area (Å²) < 4.78 is 26.5. The molecule has 1 unspecified atom stereocenters. The molecular weight excluding hydrogens is 222 g/mol. The van der Waals surface area contributed by atoms with Crippen LogP contribution in [0, 0.1) is 18.6 Å². The molecule has 0 bridgehead atoms. The Morgan fingerprint density at radius 3 is 2.29 bits per heavy atom. The molecule has 0 aromatic heterocycles. The first kappa shape index (κ1) is 11.7. The van der Waals surface area contributed by atoms with Crippen LogP contribution in [0.15, 0.2) is 42.5 Å². The van der Waals surface area contributed by atoms with E-state index in [4.69, 9.17) is 0 Å². The largest absolute Gasteiger partial charge is 0.384 e. The topological polar surface area (TPSA) is 20.2 Å². The Balaban J connectivity index is 2.40. The van der Waals surface area contributed by atoms with Crippen molar-refractivity contribution < 1.29 is 13.9 Å². The van der Waals surface area contributed by atoms with Gasteiger partial charge in [-0.05, 0) is 18.6 Å². The standard InChI is InChI=1S/C14H12F2O/c1-9-5-7-10(8-6-9)14(17)11-3-2-4-12(15)13(11)16/h2-8,14,17H,1H3. The zero-order valence-electron chi connectivity index (χ0n) is 9.32. The predicted molar refractivity (Wildman–Crippen MR) is 61.6 cm³/mol. The van der Waals surface area contributed by atoms with Crippen molar-refractivity contribution >= 4 is 0 Å². The van der Waals surface area contributed by atoms with Crippen LogP contribution in [0.2, 0.25) is 0 Å². The smallest absolute Gasteiger partial charge is 0.164 e. The average molecular weight is 234 g/mol. The monoisotopic (exact) mass is 234 g/mol. The molecule has 2 aromatic carbocycles. The third-order valence-electron chi connectivity index (χ3n) is 2.67. The fourth-order valence-corrected chi connectivity index (χ4v) is 1.66. The van der Waals surface area contributed by atoms with Crippen LogP contribution < -0.4 is 0 Å². The lowest BCUT2D eigenvalue weighted by Crippen LogP contribution is -2.04. The van der Waals surface area contributed by atoms with Crippen molar-refractivity contribution in [3.05, 3.63) is 70.8 Å². The summed E-state index contributed by atoms with van der Waals surface area (Å²) in [4.78, 5) is 0. The maximum Gasteiger partial charge on any atom is 0.164 e. The maximum absolute atomic E-state index is 13.5. The molecule has 0 amide bonds. The first-order valence-corrected chi connectivity index (χ1v) is 5.28. The fourth-order valence-electron chi connectivity index (χ4n) is 1.66. The lowest BCUT2D eigenvalue weighted by atomic mass is 10.00. The van der Waals surface area contributed by atoms with E-state index >= 15 is 0 Å². The quantitative estimate of drug-likeness (QED) is 0.844. The van der Waals surface area contributed by atoms with Crippen molar-refractivity contribution in [2.24, 2.45) is 0 Å². The van der Waals surface area contributed by atoms with Crippen LogP contribution in [-0.2, 0) is 0 Å². The van der Waals surface area contributed by atoms with Crippen molar-refractivity contribution in [1.82, 2.24) is 0 Å². The summed E-state index contributed by atoms with van der Waals surface area (Å²) in [5.74, 6) is -1.95. The van der Waals surface area contributed by atoms with Crippen LogP contribution in [0.25, 0.3) is 0 Å². The highest BCUT2D eigenvalue weighted by Gasteiger charge is 2.17. The van der Waals surface area contributed by atoms with Crippen LogP contribution in [0.1, 0.15) is 22.8 Å². The molecule has 1 N–H and O–H groups in total. The van der Waals surface area contributed by atoms with Gasteiger partial charge >= 0.3 is 0 Å². The molecule has 1 atom stereocenters. The van der Waals surface area contributed by atoms with Crippen molar-refractivity contribution in [3.63, 3.8) is 0 Å². The molecule has 0 radical (unpaired) electrons. The molecule has 17 heavy (non-hydrogen) atoms. The molecule has 2 aromatic rings. The molecule has 0 aliphatic carbocycles. The van der Waals surface area contributed by atoms with E-state index in [0.717, 1.165) is 11.6 Å². The van der Waals surface area contributed by atoms with E-state index in [2.05, 4.69) is 0 Å². The second kappa shape index (κ2) is 4.63. The van der Waals surface area contributed by atoms with Gasteiger partial charge in [-0.15, -0.1) is 0 Å². The van der Waals surface area contributed by atoms with Crippen molar-refractivity contribution in [1.29, 1.82) is 0 Å².